The maximum Gasteiger partial charge on any atom is 0.0547 e. The van der Waals surface area contributed by atoms with Gasteiger partial charge in [0.25, 0.3) is 0 Å². The van der Waals surface area contributed by atoms with Crippen molar-refractivity contribution in [1.29, 1.82) is 0 Å². The number of hydrogen-bond donors (Lipinski definition) is 0. The molecule has 0 aliphatic heterocycles. The summed E-state index contributed by atoms with van der Waals surface area (Å²) in [5.41, 5.74) is 1.32. The van der Waals surface area contributed by atoms with E-state index in [4.69, 9.17) is 0 Å². The standard InChI is InChI=1S/C9H11NS/c1-10-9(7-4-5-7)8-3-2-6-11-8/h2-3,6-7H,4-5H2,1H3. The quantitative estimate of drug-likeness (QED) is 0.597. The van der Waals surface area contributed by atoms with Crippen molar-refractivity contribution in [2.45, 2.75) is 12.8 Å². The predicted molar refractivity (Wildman–Crippen MR) is 49.5 cm³/mol. The molecule has 1 fully saturated rings. The topological polar surface area (TPSA) is 12.4 Å². The zero-order valence-corrected chi connectivity index (χ0v) is 7.40. The fourth-order valence-electron chi connectivity index (χ4n) is 1.28. The van der Waals surface area contributed by atoms with Crippen molar-refractivity contribution in [3.05, 3.63) is 22.4 Å². The third-order valence-electron chi connectivity index (χ3n) is 1.98. The summed E-state index contributed by atoms with van der Waals surface area (Å²) in [4.78, 5) is 5.68. The molecule has 0 N–H and O–H groups in total. The Hall–Kier alpha value is -0.630. The van der Waals surface area contributed by atoms with Crippen molar-refractivity contribution >= 4 is 17.0 Å². The van der Waals surface area contributed by atoms with Crippen molar-refractivity contribution in [2.75, 3.05) is 7.05 Å². The second kappa shape index (κ2) is 2.78. The number of thiophene rings is 1. The molecule has 0 atom stereocenters. The fourth-order valence-corrected chi connectivity index (χ4v) is 2.11. The lowest BCUT2D eigenvalue weighted by Crippen LogP contribution is -1.99. The van der Waals surface area contributed by atoms with Crippen LogP contribution in [0.4, 0.5) is 0 Å². The molecule has 0 radical (unpaired) electrons. The Balaban J connectivity index is 2.25. The summed E-state index contributed by atoms with van der Waals surface area (Å²) in [6, 6.07) is 4.25. The minimum atomic E-state index is 0.777. The molecule has 2 heteroatoms. The van der Waals surface area contributed by atoms with Crippen molar-refractivity contribution in [3.8, 4) is 0 Å². The third kappa shape index (κ3) is 1.36. The minimum absolute atomic E-state index is 0.777. The maximum atomic E-state index is 4.32. The van der Waals surface area contributed by atoms with Crippen LogP contribution in [0.25, 0.3) is 0 Å². The molecule has 1 aliphatic rings. The van der Waals surface area contributed by atoms with Gasteiger partial charge in [0.1, 0.15) is 0 Å². The van der Waals surface area contributed by atoms with Crippen LogP contribution in [0, 0.1) is 5.92 Å². The lowest BCUT2D eigenvalue weighted by Gasteiger charge is -1.97. The molecule has 0 aromatic carbocycles. The van der Waals surface area contributed by atoms with E-state index in [0.29, 0.717) is 0 Å². The summed E-state index contributed by atoms with van der Waals surface area (Å²) >= 11 is 1.79. The van der Waals surface area contributed by atoms with Crippen LogP contribution in [-0.2, 0) is 0 Å². The first-order valence-electron chi connectivity index (χ1n) is 3.92. The van der Waals surface area contributed by atoms with Crippen LogP contribution in [0.2, 0.25) is 0 Å². The average Bonchev–Trinajstić information content (AvgIpc) is 2.68. The average molecular weight is 165 g/mol. The molecule has 0 bridgehead atoms. The van der Waals surface area contributed by atoms with Gasteiger partial charge in [-0.05, 0) is 24.3 Å². The molecular formula is C9H11NS. The molecule has 0 amide bonds. The Bertz CT molecular complexity index is 257. The highest BCUT2D eigenvalue weighted by Crippen LogP contribution is 2.34. The van der Waals surface area contributed by atoms with Gasteiger partial charge in [-0.3, -0.25) is 4.99 Å². The highest BCUT2D eigenvalue weighted by Gasteiger charge is 2.28. The SMILES string of the molecule is CN=C(c1cccs1)C1CC1. The van der Waals surface area contributed by atoms with Gasteiger partial charge in [0.2, 0.25) is 0 Å². The minimum Gasteiger partial charge on any atom is -0.291 e. The van der Waals surface area contributed by atoms with Crippen molar-refractivity contribution in [2.24, 2.45) is 10.9 Å². The summed E-state index contributed by atoms with van der Waals surface area (Å²) in [6.07, 6.45) is 2.68. The van der Waals surface area contributed by atoms with Gasteiger partial charge in [-0.1, -0.05) is 6.07 Å². The van der Waals surface area contributed by atoms with E-state index in [1.165, 1.54) is 23.4 Å². The molecule has 11 heavy (non-hydrogen) atoms. The van der Waals surface area contributed by atoms with Crippen LogP contribution in [-0.4, -0.2) is 12.8 Å². The van der Waals surface area contributed by atoms with E-state index in [0.717, 1.165) is 5.92 Å². The van der Waals surface area contributed by atoms with Gasteiger partial charge in [-0.25, -0.2) is 0 Å². The molecule has 0 saturated heterocycles. The lowest BCUT2D eigenvalue weighted by molar-refractivity contribution is 1.17. The Morgan fingerprint density at radius 1 is 1.64 bits per heavy atom. The molecule has 1 aromatic rings. The molecule has 1 saturated carbocycles. The molecule has 58 valence electrons. The van der Waals surface area contributed by atoms with Crippen LogP contribution in [0.3, 0.4) is 0 Å². The normalized spacial score (nSPS) is 18.8. The van der Waals surface area contributed by atoms with Gasteiger partial charge >= 0.3 is 0 Å². The molecule has 0 spiro atoms. The molecule has 0 unspecified atom stereocenters. The van der Waals surface area contributed by atoms with E-state index in [1.54, 1.807) is 11.3 Å². The van der Waals surface area contributed by atoms with Crippen LogP contribution in [0.5, 0.6) is 0 Å². The molecule has 1 aliphatic carbocycles. The number of hydrogen-bond acceptors (Lipinski definition) is 2. The largest absolute Gasteiger partial charge is 0.291 e. The predicted octanol–water partition coefficient (Wildman–Crippen LogP) is 2.58. The monoisotopic (exact) mass is 165 g/mol. The Morgan fingerprint density at radius 3 is 2.91 bits per heavy atom. The first kappa shape index (κ1) is 7.04. The zero-order chi connectivity index (χ0) is 7.68. The van der Waals surface area contributed by atoms with E-state index < -0.39 is 0 Å². The zero-order valence-electron chi connectivity index (χ0n) is 6.58. The Morgan fingerprint density at radius 2 is 2.45 bits per heavy atom. The van der Waals surface area contributed by atoms with Gasteiger partial charge < -0.3 is 0 Å². The first-order chi connectivity index (χ1) is 5.42. The summed E-state index contributed by atoms with van der Waals surface area (Å²) in [5.74, 6) is 0.777. The molecule has 1 heterocycles. The van der Waals surface area contributed by atoms with Crippen molar-refractivity contribution in [1.82, 2.24) is 0 Å². The van der Waals surface area contributed by atoms with E-state index in [-0.39, 0.29) is 0 Å². The maximum absolute atomic E-state index is 4.32. The molecule has 2 rings (SSSR count). The summed E-state index contributed by atoms with van der Waals surface area (Å²) in [6.45, 7) is 0. The van der Waals surface area contributed by atoms with E-state index in [9.17, 15) is 0 Å². The number of aliphatic imine (C=N–C) groups is 1. The number of rotatable bonds is 2. The van der Waals surface area contributed by atoms with Crippen LogP contribution in [0.1, 0.15) is 17.7 Å². The van der Waals surface area contributed by atoms with Gasteiger partial charge in [0.15, 0.2) is 0 Å². The van der Waals surface area contributed by atoms with Gasteiger partial charge in [0, 0.05) is 17.8 Å². The van der Waals surface area contributed by atoms with Crippen LogP contribution < -0.4 is 0 Å². The highest BCUT2D eigenvalue weighted by atomic mass is 32.1. The van der Waals surface area contributed by atoms with Gasteiger partial charge in [-0.2, -0.15) is 0 Å². The number of nitrogens with zero attached hydrogens (tertiary/aromatic N) is 1. The summed E-state index contributed by atoms with van der Waals surface area (Å²) < 4.78 is 0. The Labute approximate surface area is 70.8 Å². The molecule has 1 nitrogen and oxygen atoms in total. The molecule has 1 aromatic heterocycles. The Kier molecular flexibility index (Phi) is 1.78. The van der Waals surface area contributed by atoms with Gasteiger partial charge in [-0.15, -0.1) is 11.3 Å². The van der Waals surface area contributed by atoms with Crippen LogP contribution in [0.15, 0.2) is 22.5 Å². The summed E-state index contributed by atoms with van der Waals surface area (Å²) in [5, 5.41) is 2.11. The molecular weight excluding hydrogens is 154 g/mol. The van der Waals surface area contributed by atoms with E-state index in [1.807, 2.05) is 7.05 Å². The summed E-state index contributed by atoms with van der Waals surface area (Å²) in [7, 11) is 1.90. The second-order valence-electron chi connectivity index (χ2n) is 2.86. The van der Waals surface area contributed by atoms with Gasteiger partial charge in [0.05, 0.1) is 5.71 Å². The smallest absolute Gasteiger partial charge is 0.0547 e. The van der Waals surface area contributed by atoms with Crippen LogP contribution >= 0.6 is 11.3 Å². The lowest BCUT2D eigenvalue weighted by atomic mass is 10.2. The third-order valence-corrected chi connectivity index (χ3v) is 2.87. The first-order valence-corrected chi connectivity index (χ1v) is 4.80. The van der Waals surface area contributed by atoms with E-state index >= 15 is 0 Å². The van der Waals surface area contributed by atoms with Crippen molar-refractivity contribution < 1.29 is 0 Å². The van der Waals surface area contributed by atoms with E-state index in [2.05, 4.69) is 22.5 Å². The highest BCUT2D eigenvalue weighted by molar-refractivity contribution is 7.12. The second-order valence-corrected chi connectivity index (χ2v) is 3.81. The van der Waals surface area contributed by atoms with Crippen molar-refractivity contribution in [3.63, 3.8) is 0 Å². The fraction of sp³-hybridized carbons (Fsp3) is 0.444.